The average molecular weight is 283 g/mol. The molecule has 0 fully saturated rings. The molecule has 0 atom stereocenters. The van der Waals surface area contributed by atoms with E-state index in [-0.39, 0.29) is 5.88 Å². The number of aromatic nitrogens is 2. The van der Waals surface area contributed by atoms with Gasteiger partial charge in [-0.25, -0.2) is 0 Å². The van der Waals surface area contributed by atoms with Gasteiger partial charge in [-0.15, -0.1) is 5.10 Å². The molecule has 2 rings (SSSR count). The first kappa shape index (κ1) is 14.8. The van der Waals surface area contributed by atoms with Crippen LogP contribution in [-0.2, 0) is 12.8 Å². The van der Waals surface area contributed by atoms with Crippen molar-refractivity contribution in [3.63, 3.8) is 0 Å². The molecule has 1 aromatic carbocycles. The Morgan fingerprint density at radius 2 is 1.71 bits per heavy atom. The zero-order valence-electron chi connectivity index (χ0n) is 12.4. The molecule has 1 heterocycles. The van der Waals surface area contributed by atoms with Crippen molar-refractivity contribution in [1.29, 1.82) is 5.26 Å². The zero-order valence-corrected chi connectivity index (χ0v) is 12.4. The SMILES string of the molecule is CCc1nnc(Oc2ccc(OC)cc2)c(C#N)c1CC. The van der Waals surface area contributed by atoms with Gasteiger partial charge < -0.3 is 9.47 Å². The minimum absolute atomic E-state index is 0.247. The van der Waals surface area contributed by atoms with Crippen LogP contribution in [0.1, 0.15) is 30.7 Å². The molecule has 0 N–H and O–H groups in total. The van der Waals surface area contributed by atoms with E-state index in [1.54, 1.807) is 31.4 Å². The number of nitrogens with zero attached hydrogens (tertiary/aromatic N) is 3. The molecule has 108 valence electrons. The summed E-state index contributed by atoms with van der Waals surface area (Å²) in [6, 6.07) is 9.29. The second kappa shape index (κ2) is 6.71. The van der Waals surface area contributed by atoms with Crippen LogP contribution in [0.2, 0.25) is 0 Å². The highest BCUT2D eigenvalue weighted by Crippen LogP contribution is 2.27. The van der Waals surface area contributed by atoms with Gasteiger partial charge >= 0.3 is 0 Å². The van der Waals surface area contributed by atoms with Gasteiger partial charge in [-0.1, -0.05) is 13.8 Å². The van der Waals surface area contributed by atoms with Crippen molar-refractivity contribution in [3.05, 3.63) is 41.1 Å². The maximum Gasteiger partial charge on any atom is 0.257 e. The van der Waals surface area contributed by atoms with Crippen LogP contribution in [0.25, 0.3) is 0 Å². The molecule has 0 aliphatic heterocycles. The predicted molar refractivity (Wildman–Crippen MR) is 78.6 cm³/mol. The Labute approximate surface area is 124 Å². The normalized spacial score (nSPS) is 10.0. The molecule has 0 spiro atoms. The van der Waals surface area contributed by atoms with E-state index in [9.17, 15) is 5.26 Å². The molecule has 21 heavy (non-hydrogen) atoms. The molecule has 5 nitrogen and oxygen atoms in total. The Morgan fingerprint density at radius 1 is 1.05 bits per heavy atom. The molecule has 1 aromatic heterocycles. The first-order chi connectivity index (χ1) is 10.2. The molecule has 2 aromatic rings. The summed E-state index contributed by atoms with van der Waals surface area (Å²) in [5.74, 6) is 1.58. The maximum atomic E-state index is 9.39. The van der Waals surface area contributed by atoms with Crippen molar-refractivity contribution >= 4 is 0 Å². The second-order valence-corrected chi connectivity index (χ2v) is 4.40. The highest BCUT2D eigenvalue weighted by Gasteiger charge is 2.16. The van der Waals surface area contributed by atoms with E-state index in [0.717, 1.165) is 29.8 Å². The third kappa shape index (κ3) is 3.11. The standard InChI is InChI=1S/C16H17N3O2/c1-4-13-14(10-17)16(19-18-15(13)5-2)21-12-8-6-11(20-3)7-9-12/h6-9H,4-5H2,1-3H3. The highest BCUT2D eigenvalue weighted by molar-refractivity contribution is 5.47. The summed E-state index contributed by atoms with van der Waals surface area (Å²) in [4.78, 5) is 0. The van der Waals surface area contributed by atoms with Gasteiger partial charge in [-0.2, -0.15) is 10.4 Å². The Bertz CT molecular complexity index is 660. The first-order valence-corrected chi connectivity index (χ1v) is 6.83. The molecular weight excluding hydrogens is 266 g/mol. The average Bonchev–Trinajstić information content (AvgIpc) is 2.54. The summed E-state index contributed by atoms with van der Waals surface area (Å²) in [6.07, 6.45) is 1.47. The maximum absolute atomic E-state index is 9.39. The van der Waals surface area contributed by atoms with Crippen molar-refractivity contribution in [3.8, 4) is 23.4 Å². The van der Waals surface area contributed by atoms with E-state index in [2.05, 4.69) is 16.3 Å². The Kier molecular flexibility index (Phi) is 4.72. The Hall–Kier alpha value is -2.61. The quantitative estimate of drug-likeness (QED) is 0.842. The molecule has 0 saturated carbocycles. The lowest BCUT2D eigenvalue weighted by Gasteiger charge is -2.11. The zero-order chi connectivity index (χ0) is 15.2. The van der Waals surface area contributed by atoms with Crippen LogP contribution >= 0.6 is 0 Å². The van der Waals surface area contributed by atoms with Gasteiger partial charge in [0.15, 0.2) is 0 Å². The van der Waals surface area contributed by atoms with Gasteiger partial charge in [0.2, 0.25) is 0 Å². The van der Waals surface area contributed by atoms with Crippen LogP contribution in [0.5, 0.6) is 17.4 Å². The molecule has 0 aliphatic carbocycles. The van der Waals surface area contributed by atoms with Crippen molar-refractivity contribution in [2.24, 2.45) is 0 Å². The first-order valence-electron chi connectivity index (χ1n) is 6.83. The number of hydrogen-bond donors (Lipinski definition) is 0. The Balaban J connectivity index is 2.37. The highest BCUT2D eigenvalue weighted by atomic mass is 16.5. The van der Waals surface area contributed by atoms with Gasteiger partial charge in [0, 0.05) is 0 Å². The molecule has 0 radical (unpaired) electrons. The summed E-state index contributed by atoms with van der Waals surface area (Å²) in [6.45, 7) is 3.99. The number of ether oxygens (including phenoxy) is 2. The number of aryl methyl sites for hydroxylation is 1. The van der Waals surface area contributed by atoms with Gasteiger partial charge in [-0.3, -0.25) is 0 Å². The predicted octanol–water partition coefficient (Wildman–Crippen LogP) is 3.27. The monoisotopic (exact) mass is 283 g/mol. The number of benzene rings is 1. The lowest BCUT2D eigenvalue weighted by Crippen LogP contribution is -2.05. The van der Waals surface area contributed by atoms with Gasteiger partial charge in [0.25, 0.3) is 5.88 Å². The largest absolute Gasteiger partial charge is 0.497 e. The molecule has 0 saturated heterocycles. The lowest BCUT2D eigenvalue weighted by atomic mass is 10.0. The fourth-order valence-corrected chi connectivity index (χ4v) is 2.10. The van der Waals surface area contributed by atoms with E-state index in [4.69, 9.17) is 9.47 Å². The van der Waals surface area contributed by atoms with Crippen LogP contribution in [-0.4, -0.2) is 17.3 Å². The minimum atomic E-state index is 0.247. The smallest absolute Gasteiger partial charge is 0.257 e. The number of hydrogen-bond acceptors (Lipinski definition) is 5. The number of nitriles is 1. The minimum Gasteiger partial charge on any atom is -0.497 e. The topological polar surface area (TPSA) is 68.0 Å². The van der Waals surface area contributed by atoms with Gasteiger partial charge in [0.1, 0.15) is 23.1 Å². The van der Waals surface area contributed by atoms with Gasteiger partial charge in [0.05, 0.1) is 12.8 Å². The van der Waals surface area contributed by atoms with E-state index >= 15 is 0 Å². The van der Waals surface area contributed by atoms with E-state index in [0.29, 0.717) is 11.3 Å². The molecule has 0 amide bonds. The summed E-state index contributed by atoms with van der Waals surface area (Å²) < 4.78 is 10.8. The van der Waals surface area contributed by atoms with Crippen molar-refractivity contribution in [1.82, 2.24) is 10.2 Å². The summed E-state index contributed by atoms with van der Waals surface area (Å²) in [5.41, 5.74) is 2.20. The third-order valence-corrected chi connectivity index (χ3v) is 3.20. The van der Waals surface area contributed by atoms with Crippen molar-refractivity contribution in [2.45, 2.75) is 26.7 Å². The summed E-state index contributed by atoms with van der Waals surface area (Å²) in [7, 11) is 1.60. The molecule has 5 heteroatoms. The van der Waals surface area contributed by atoms with E-state index in [1.807, 2.05) is 13.8 Å². The van der Waals surface area contributed by atoms with Crippen molar-refractivity contribution in [2.75, 3.05) is 7.11 Å². The fourth-order valence-electron chi connectivity index (χ4n) is 2.10. The van der Waals surface area contributed by atoms with Crippen LogP contribution in [0.4, 0.5) is 0 Å². The summed E-state index contributed by atoms with van der Waals surface area (Å²) >= 11 is 0. The van der Waals surface area contributed by atoms with Gasteiger partial charge in [-0.05, 0) is 42.7 Å². The van der Waals surface area contributed by atoms with Crippen LogP contribution in [0.15, 0.2) is 24.3 Å². The van der Waals surface area contributed by atoms with Crippen LogP contribution in [0, 0.1) is 11.3 Å². The third-order valence-electron chi connectivity index (χ3n) is 3.20. The fraction of sp³-hybridized carbons (Fsp3) is 0.312. The molecule has 0 unspecified atom stereocenters. The van der Waals surface area contributed by atoms with Crippen LogP contribution < -0.4 is 9.47 Å². The second-order valence-electron chi connectivity index (χ2n) is 4.40. The lowest BCUT2D eigenvalue weighted by molar-refractivity contribution is 0.411. The van der Waals surface area contributed by atoms with E-state index in [1.165, 1.54) is 0 Å². The molecule has 0 aliphatic rings. The Morgan fingerprint density at radius 3 is 2.24 bits per heavy atom. The molecular formula is C16H17N3O2. The summed E-state index contributed by atoms with van der Waals surface area (Å²) in [5, 5.41) is 17.6. The van der Waals surface area contributed by atoms with E-state index < -0.39 is 0 Å². The molecule has 0 bridgehead atoms. The van der Waals surface area contributed by atoms with Crippen molar-refractivity contribution < 1.29 is 9.47 Å². The number of methoxy groups -OCH3 is 1. The van der Waals surface area contributed by atoms with Crippen LogP contribution in [0.3, 0.4) is 0 Å². The number of rotatable bonds is 5.